The molecule has 1 saturated carbocycles. The minimum absolute atomic E-state index is 0.218. The van der Waals surface area contributed by atoms with E-state index < -0.39 is 0 Å². The van der Waals surface area contributed by atoms with Crippen LogP contribution < -0.4 is 5.73 Å². The Morgan fingerprint density at radius 2 is 1.87 bits per heavy atom. The molecule has 2 unspecified atom stereocenters. The van der Waals surface area contributed by atoms with Gasteiger partial charge in [-0.1, -0.05) is 0 Å². The summed E-state index contributed by atoms with van der Waals surface area (Å²) in [5.41, 5.74) is 6.24. The second-order valence-corrected chi connectivity index (χ2v) is 5.11. The van der Waals surface area contributed by atoms with Crippen LogP contribution in [0.25, 0.3) is 0 Å². The van der Waals surface area contributed by atoms with Gasteiger partial charge in [0, 0.05) is 26.1 Å². The molecule has 0 aromatic carbocycles. The fourth-order valence-electron chi connectivity index (χ4n) is 2.69. The average Bonchev–Trinajstić information content (AvgIpc) is 3.04. The number of carbonyl (C=O) groups excluding carboxylic acids is 1. The maximum atomic E-state index is 11.3. The minimum atomic E-state index is 0.218. The van der Waals surface area contributed by atoms with Crippen LogP contribution in [0.2, 0.25) is 0 Å². The molecule has 0 radical (unpaired) electrons. The van der Waals surface area contributed by atoms with Crippen LogP contribution in [0.5, 0.6) is 0 Å². The van der Waals surface area contributed by atoms with Gasteiger partial charge in [0.05, 0.1) is 0 Å². The topological polar surface area (TPSA) is 46.3 Å². The molecule has 2 N–H and O–H groups in total. The molecule has 1 aliphatic heterocycles. The lowest BCUT2D eigenvalue weighted by atomic mass is 9.90. The number of carbonyl (C=O) groups is 1. The van der Waals surface area contributed by atoms with Crippen molar-refractivity contribution in [2.45, 2.75) is 45.1 Å². The van der Waals surface area contributed by atoms with Crippen LogP contribution in [0, 0.1) is 11.8 Å². The second-order valence-electron chi connectivity index (χ2n) is 5.11. The van der Waals surface area contributed by atoms with Gasteiger partial charge in [-0.3, -0.25) is 4.79 Å². The highest BCUT2D eigenvalue weighted by Crippen LogP contribution is 2.37. The quantitative estimate of drug-likeness (QED) is 0.748. The van der Waals surface area contributed by atoms with E-state index in [1.807, 2.05) is 4.90 Å². The van der Waals surface area contributed by atoms with Crippen LogP contribution in [0.3, 0.4) is 0 Å². The summed E-state index contributed by atoms with van der Waals surface area (Å²) in [6.45, 7) is 3.52. The minimum Gasteiger partial charge on any atom is -0.343 e. The molecule has 1 heterocycles. The van der Waals surface area contributed by atoms with Crippen molar-refractivity contribution < 1.29 is 4.79 Å². The highest BCUT2D eigenvalue weighted by atomic mass is 16.2. The number of rotatable bonds is 2. The molecule has 2 fully saturated rings. The van der Waals surface area contributed by atoms with Crippen LogP contribution in [-0.2, 0) is 4.79 Å². The second kappa shape index (κ2) is 4.52. The molecule has 0 aromatic heterocycles. The SMILES string of the molecule is CC(=O)N1CCCC(C(N)C2CC2)CC1. The maximum absolute atomic E-state index is 11.3. The molecular weight excluding hydrogens is 188 g/mol. The van der Waals surface area contributed by atoms with Crippen LogP contribution in [0.4, 0.5) is 0 Å². The van der Waals surface area contributed by atoms with Crippen LogP contribution in [0.1, 0.15) is 39.0 Å². The molecule has 3 heteroatoms. The summed E-state index contributed by atoms with van der Waals surface area (Å²) < 4.78 is 0. The molecule has 1 aliphatic carbocycles. The Balaban J connectivity index is 1.85. The van der Waals surface area contributed by atoms with Crippen molar-refractivity contribution >= 4 is 5.91 Å². The molecule has 0 aromatic rings. The Morgan fingerprint density at radius 3 is 2.47 bits per heavy atom. The van der Waals surface area contributed by atoms with E-state index >= 15 is 0 Å². The predicted molar refractivity (Wildman–Crippen MR) is 60.3 cm³/mol. The third-order valence-electron chi connectivity index (χ3n) is 3.93. The van der Waals surface area contributed by atoms with Gasteiger partial charge < -0.3 is 10.6 Å². The molecule has 0 spiro atoms. The maximum Gasteiger partial charge on any atom is 0.219 e. The van der Waals surface area contributed by atoms with Gasteiger partial charge in [0.1, 0.15) is 0 Å². The van der Waals surface area contributed by atoms with Gasteiger partial charge in [0.2, 0.25) is 5.91 Å². The van der Waals surface area contributed by atoms with Crippen molar-refractivity contribution in [1.29, 1.82) is 0 Å². The Kier molecular flexibility index (Phi) is 3.29. The normalized spacial score (nSPS) is 29.7. The first-order valence-corrected chi connectivity index (χ1v) is 6.19. The summed E-state index contributed by atoms with van der Waals surface area (Å²) in [6.07, 6.45) is 6.10. The zero-order valence-corrected chi connectivity index (χ0v) is 9.61. The molecule has 15 heavy (non-hydrogen) atoms. The monoisotopic (exact) mass is 210 g/mol. The molecule has 3 nitrogen and oxygen atoms in total. The van der Waals surface area contributed by atoms with Crippen LogP contribution >= 0.6 is 0 Å². The third kappa shape index (κ3) is 2.71. The molecule has 86 valence electrons. The first-order valence-electron chi connectivity index (χ1n) is 6.19. The van der Waals surface area contributed by atoms with E-state index in [0.29, 0.717) is 12.0 Å². The zero-order chi connectivity index (χ0) is 10.8. The average molecular weight is 210 g/mol. The first-order chi connectivity index (χ1) is 7.18. The van der Waals surface area contributed by atoms with E-state index in [9.17, 15) is 4.79 Å². The van der Waals surface area contributed by atoms with Crippen molar-refractivity contribution in [1.82, 2.24) is 4.90 Å². The number of likely N-dealkylation sites (tertiary alicyclic amines) is 1. The zero-order valence-electron chi connectivity index (χ0n) is 9.61. The Bertz CT molecular complexity index is 238. The van der Waals surface area contributed by atoms with Gasteiger partial charge in [-0.2, -0.15) is 0 Å². The summed E-state index contributed by atoms with van der Waals surface area (Å²) in [5, 5.41) is 0. The summed E-state index contributed by atoms with van der Waals surface area (Å²) in [4.78, 5) is 13.2. The van der Waals surface area contributed by atoms with Gasteiger partial charge in [0.25, 0.3) is 0 Å². The third-order valence-corrected chi connectivity index (χ3v) is 3.93. The van der Waals surface area contributed by atoms with Crippen LogP contribution in [0.15, 0.2) is 0 Å². The summed E-state index contributed by atoms with van der Waals surface area (Å²) in [5.74, 6) is 1.66. The Hall–Kier alpha value is -0.570. The van der Waals surface area contributed by atoms with Crippen LogP contribution in [-0.4, -0.2) is 29.9 Å². The molecule has 2 aliphatic rings. The highest BCUT2D eigenvalue weighted by molar-refractivity contribution is 5.73. The lowest BCUT2D eigenvalue weighted by Gasteiger charge is -2.22. The van der Waals surface area contributed by atoms with Crippen molar-refractivity contribution in [3.63, 3.8) is 0 Å². The molecular formula is C12H22N2O. The summed E-state index contributed by atoms with van der Waals surface area (Å²) in [6, 6.07) is 0.400. The fourth-order valence-corrected chi connectivity index (χ4v) is 2.69. The number of nitrogens with zero attached hydrogens (tertiary/aromatic N) is 1. The van der Waals surface area contributed by atoms with E-state index in [1.54, 1.807) is 6.92 Å². The highest BCUT2D eigenvalue weighted by Gasteiger charge is 2.34. The molecule has 1 saturated heterocycles. The van der Waals surface area contributed by atoms with Crippen molar-refractivity contribution in [3.05, 3.63) is 0 Å². The molecule has 2 atom stereocenters. The van der Waals surface area contributed by atoms with E-state index in [1.165, 1.54) is 19.3 Å². The number of hydrogen-bond donors (Lipinski definition) is 1. The van der Waals surface area contributed by atoms with Crippen molar-refractivity contribution in [2.75, 3.05) is 13.1 Å². The van der Waals surface area contributed by atoms with Gasteiger partial charge in [-0.05, 0) is 43.9 Å². The smallest absolute Gasteiger partial charge is 0.219 e. The van der Waals surface area contributed by atoms with E-state index in [4.69, 9.17) is 5.73 Å². The standard InChI is InChI=1S/C12H22N2O/c1-9(15)14-7-2-3-10(6-8-14)12(13)11-4-5-11/h10-12H,2-8,13H2,1H3. The van der Waals surface area contributed by atoms with E-state index in [-0.39, 0.29) is 5.91 Å². The number of hydrogen-bond acceptors (Lipinski definition) is 2. The van der Waals surface area contributed by atoms with Gasteiger partial charge >= 0.3 is 0 Å². The van der Waals surface area contributed by atoms with Gasteiger partial charge in [-0.25, -0.2) is 0 Å². The van der Waals surface area contributed by atoms with E-state index in [2.05, 4.69) is 0 Å². The van der Waals surface area contributed by atoms with Gasteiger partial charge in [0.15, 0.2) is 0 Å². The molecule has 1 amide bonds. The fraction of sp³-hybridized carbons (Fsp3) is 0.917. The molecule has 0 bridgehead atoms. The van der Waals surface area contributed by atoms with Crippen molar-refractivity contribution in [3.8, 4) is 0 Å². The Morgan fingerprint density at radius 1 is 1.20 bits per heavy atom. The lowest BCUT2D eigenvalue weighted by molar-refractivity contribution is -0.128. The Labute approximate surface area is 92.0 Å². The first kappa shape index (κ1) is 10.9. The van der Waals surface area contributed by atoms with Crippen molar-refractivity contribution in [2.24, 2.45) is 17.6 Å². The summed E-state index contributed by atoms with van der Waals surface area (Å²) in [7, 11) is 0. The number of nitrogens with two attached hydrogens (primary N) is 1. The molecule has 2 rings (SSSR count). The largest absolute Gasteiger partial charge is 0.343 e. The van der Waals surface area contributed by atoms with E-state index in [0.717, 1.165) is 31.8 Å². The lowest BCUT2D eigenvalue weighted by Crippen LogP contribution is -2.34. The van der Waals surface area contributed by atoms with Gasteiger partial charge in [-0.15, -0.1) is 0 Å². The predicted octanol–water partition coefficient (Wildman–Crippen LogP) is 1.37. The number of amides is 1. The summed E-state index contributed by atoms with van der Waals surface area (Å²) >= 11 is 0.